The molecule has 2 atom stereocenters. The Balaban J connectivity index is 1.67. The maximum atomic E-state index is 2.75. The van der Waals surface area contributed by atoms with E-state index < -0.39 is 0 Å². The van der Waals surface area contributed by atoms with Crippen LogP contribution in [0.15, 0.2) is 0 Å². The van der Waals surface area contributed by atoms with Crippen LogP contribution in [0.25, 0.3) is 0 Å². The van der Waals surface area contributed by atoms with Gasteiger partial charge >= 0.3 is 0 Å². The van der Waals surface area contributed by atoms with Gasteiger partial charge in [0.1, 0.15) is 0 Å². The largest absolute Gasteiger partial charge is 0.301 e. The molecule has 0 aliphatic carbocycles. The van der Waals surface area contributed by atoms with Crippen LogP contribution < -0.4 is 0 Å². The number of rotatable bonds is 5. The first-order chi connectivity index (χ1) is 9.27. The number of nitrogens with zero attached hydrogens (tertiary/aromatic N) is 2. The average molecular weight is 266 g/mol. The fourth-order valence-electron chi connectivity index (χ4n) is 3.74. The lowest BCUT2D eigenvalue weighted by Crippen LogP contribution is -2.39. The third-order valence-electron chi connectivity index (χ3n) is 5.28. The van der Waals surface area contributed by atoms with Crippen molar-refractivity contribution in [3.05, 3.63) is 0 Å². The van der Waals surface area contributed by atoms with Gasteiger partial charge in [-0.1, -0.05) is 19.3 Å². The van der Waals surface area contributed by atoms with Crippen LogP contribution in [-0.2, 0) is 0 Å². The van der Waals surface area contributed by atoms with Crippen LogP contribution in [0.5, 0.6) is 0 Å². The van der Waals surface area contributed by atoms with Crippen molar-refractivity contribution in [3.8, 4) is 0 Å². The minimum Gasteiger partial charge on any atom is -0.301 e. The molecule has 0 aromatic heterocycles. The molecule has 0 saturated carbocycles. The van der Waals surface area contributed by atoms with Crippen molar-refractivity contribution in [2.75, 3.05) is 26.2 Å². The Kier molecular flexibility index (Phi) is 6.66. The lowest BCUT2D eigenvalue weighted by Gasteiger charge is -2.34. The van der Waals surface area contributed by atoms with Crippen LogP contribution >= 0.6 is 0 Å². The highest BCUT2D eigenvalue weighted by Crippen LogP contribution is 2.19. The first-order valence-electron chi connectivity index (χ1n) is 8.75. The monoisotopic (exact) mass is 266 g/mol. The summed E-state index contributed by atoms with van der Waals surface area (Å²) in [7, 11) is 0. The predicted octanol–water partition coefficient (Wildman–Crippen LogP) is 3.91. The molecule has 0 N–H and O–H groups in total. The quantitative estimate of drug-likeness (QED) is 0.744. The van der Waals surface area contributed by atoms with E-state index in [4.69, 9.17) is 0 Å². The molecule has 2 fully saturated rings. The average Bonchev–Trinajstić information content (AvgIpc) is 2.74. The summed E-state index contributed by atoms with van der Waals surface area (Å²) in [6.45, 7) is 10.3. The molecule has 2 heterocycles. The molecule has 2 saturated heterocycles. The standard InChI is InChI=1S/C17H34N2/c1-16(18-12-6-3-4-7-13-18)10-11-17(2)19-14-8-5-9-15-19/h16-17H,3-15H2,1-2H3. The summed E-state index contributed by atoms with van der Waals surface area (Å²) in [5.74, 6) is 0. The van der Waals surface area contributed by atoms with Crippen molar-refractivity contribution in [3.63, 3.8) is 0 Å². The van der Waals surface area contributed by atoms with E-state index in [2.05, 4.69) is 23.6 Å². The summed E-state index contributed by atoms with van der Waals surface area (Å²) in [5, 5.41) is 0. The number of likely N-dealkylation sites (tertiary alicyclic amines) is 2. The second-order valence-electron chi connectivity index (χ2n) is 6.82. The summed E-state index contributed by atoms with van der Waals surface area (Å²) in [6.07, 6.45) is 12.8. The van der Waals surface area contributed by atoms with Gasteiger partial charge in [0, 0.05) is 12.1 Å². The van der Waals surface area contributed by atoms with E-state index in [1.807, 2.05) is 0 Å². The molecule has 0 aromatic rings. The molecule has 0 radical (unpaired) electrons. The molecular formula is C17H34N2. The fraction of sp³-hybridized carbons (Fsp3) is 1.00. The highest BCUT2D eigenvalue weighted by Gasteiger charge is 2.20. The summed E-state index contributed by atoms with van der Waals surface area (Å²) in [4.78, 5) is 5.47. The van der Waals surface area contributed by atoms with Gasteiger partial charge in [-0.25, -0.2) is 0 Å². The smallest absolute Gasteiger partial charge is 0.00675 e. The number of hydrogen-bond donors (Lipinski definition) is 0. The third kappa shape index (κ3) is 5.07. The minimum absolute atomic E-state index is 0.797. The van der Waals surface area contributed by atoms with Crippen LogP contribution in [0, 0.1) is 0 Å². The Hall–Kier alpha value is -0.0800. The molecule has 2 rings (SSSR count). The van der Waals surface area contributed by atoms with Gasteiger partial charge in [-0.15, -0.1) is 0 Å². The van der Waals surface area contributed by atoms with Crippen LogP contribution in [0.1, 0.15) is 71.6 Å². The lowest BCUT2D eigenvalue weighted by molar-refractivity contribution is 0.145. The Morgan fingerprint density at radius 1 is 0.579 bits per heavy atom. The molecule has 2 aliphatic heterocycles. The topological polar surface area (TPSA) is 6.48 Å². The second-order valence-corrected chi connectivity index (χ2v) is 6.82. The van der Waals surface area contributed by atoms with E-state index in [0.29, 0.717) is 0 Å². The maximum absolute atomic E-state index is 2.75. The molecule has 2 unspecified atom stereocenters. The molecule has 19 heavy (non-hydrogen) atoms. The second kappa shape index (κ2) is 8.26. The van der Waals surface area contributed by atoms with Crippen LogP contribution in [-0.4, -0.2) is 48.1 Å². The zero-order chi connectivity index (χ0) is 13.5. The zero-order valence-corrected chi connectivity index (χ0v) is 13.2. The van der Waals surface area contributed by atoms with Gasteiger partial charge in [-0.2, -0.15) is 0 Å². The summed E-state index contributed by atoms with van der Waals surface area (Å²) < 4.78 is 0. The van der Waals surface area contributed by atoms with Gasteiger partial charge in [0.2, 0.25) is 0 Å². The van der Waals surface area contributed by atoms with E-state index >= 15 is 0 Å². The summed E-state index contributed by atoms with van der Waals surface area (Å²) in [6, 6.07) is 1.60. The Labute approximate surface area is 120 Å². The Morgan fingerprint density at radius 3 is 1.26 bits per heavy atom. The molecule has 112 valence electrons. The van der Waals surface area contributed by atoms with Crippen molar-refractivity contribution in [2.45, 2.75) is 83.7 Å². The number of hydrogen-bond acceptors (Lipinski definition) is 2. The van der Waals surface area contributed by atoms with E-state index in [1.165, 1.54) is 84.0 Å². The van der Waals surface area contributed by atoms with Crippen molar-refractivity contribution in [2.24, 2.45) is 0 Å². The normalized spacial score (nSPS) is 26.8. The van der Waals surface area contributed by atoms with E-state index in [9.17, 15) is 0 Å². The van der Waals surface area contributed by atoms with E-state index in [1.54, 1.807) is 0 Å². The fourth-order valence-corrected chi connectivity index (χ4v) is 3.74. The molecule has 2 nitrogen and oxygen atoms in total. The Bertz CT molecular complexity index is 227. The van der Waals surface area contributed by atoms with Gasteiger partial charge in [0.25, 0.3) is 0 Å². The van der Waals surface area contributed by atoms with Crippen molar-refractivity contribution in [1.29, 1.82) is 0 Å². The molecule has 0 amide bonds. The zero-order valence-electron chi connectivity index (χ0n) is 13.2. The Morgan fingerprint density at radius 2 is 0.895 bits per heavy atom. The SMILES string of the molecule is CC(CCC(C)N1CCCCC1)N1CCCCCC1. The molecule has 2 aliphatic rings. The van der Waals surface area contributed by atoms with Gasteiger partial charge in [-0.3, -0.25) is 0 Å². The molecular weight excluding hydrogens is 232 g/mol. The predicted molar refractivity (Wildman–Crippen MR) is 83.6 cm³/mol. The summed E-state index contributed by atoms with van der Waals surface area (Å²) in [5.41, 5.74) is 0. The molecule has 0 bridgehead atoms. The van der Waals surface area contributed by atoms with Gasteiger partial charge < -0.3 is 9.80 Å². The van der Waals surface area contributed by atoms with Crippen molar-refractivity contribution < 1.29 is 0 Å². The highest BCUT2D eigenvalue weighted by atomic mass is 15.2. The van der Waals surface area contributed by atoms with Gasteiger partial charge in [0.15, 0.2) is 0 Å². The van der Waals surface area contributed by atoms with Crippen LogP contribution in [0.4, 0.5) is 0 Å². The third-order valence-corrected chi connectivity index (χ3v) is 5.28. The first-order valence-corrected chi connectivity index (χ1v) is 8.75. The van der Waals surface area contributed by atoms with Crippen LogP contribution in [0.3, 0.4) is 0 Å². The molecule has 0 spiro atoms. The number of piperidine rings is 1. The van der Waals surface area contributed by atoms with Gasteiger partial charge in [0.05, 0.1) is 0 Å². The minimum atomic E-state index is 0.797. The van der Waals surface area contributed by atoms with Crippen LogP contribution in [0.2, 0.25) is 0 Å². The molecule has 2 heteroatoms. The van der Waals surface area contributed by atoms with Gasteiger partial charge in [-0.05, 0) is 78.6 Å². The lowest BCUT2D eigenvalue weighted by atomic mass is 10.0. The first kappa shape index (κ1) is 15.3. The summed E-state index contributed by atoms with van der Waals surface area (Å²) >= 11 is 0. The maximum Gasteiger partial charge on any atom is 0.00675 e. The van der Waals surface area contributed by atoms with E-state index in [0.717, 1.165) is 12.1 Å². The molecule has 0 aromatic carbocycles. The van der Waals surface area contributed by atoms with E-state index in [-0.39, 0.29) is 0 Å². The van der Waals surface area contributed by atoms with Crippen molar-refractivity contribution in [1.82, 2.24) is 9.80 Å². The van der Waals surface area contributed by atoms with Crippen molar-refractivity contribution >= 4 is 0 Å². The highest BCUT2D eigenvalue weighted by molar-refractivity contribution is 4.76.